The van der Waals surface area contributed by atoms with Crippen molar-refractivity contribution in [2.24, 2.45) is 5.92 Å². The van der Waals surface area contributed by atoms with Crippen molar-refractivity contribution in [3.05, 3.63) is 59.0 Å². The second-order valence-corrected chi connectivity index (χ2v) is 7.43. The molecule has 1 aromatic carbocycles. The molecule has 6 nitrogen and oxygen atoms in total. The molecule has 2 aliphatic rings. The SMILES string of the molecule is Cc1cc(C)cc(C(=O)N2C[C@H](C(=O)NCc3ccco3)[C@H]3OCC[C@H]32)c1. The second kappa shape index (κ2) is 7.19. The first-order valence-corrected chi connectivity index (χ1v) is 9.34. The molecule has 3 atom stereocenters. The highest BCUT2D eigenvalue weighted by Gasteiger charge is 2.50. The molecular formula is C21H24N2O4. The Morgan fingerprint density at radius 2 is 2.00 bits per heavy atom. The van der Waals surface area contributed by atoms with E-state index in [0.717, 1.165) is 17.5 Å². The van der Waals surface area contributed by atoms with Gasteiger partial charge in [0.15, 0.2) is 0 Å². The topological polar surface area (TPSA) is 71.8 Å². The molecular weight excluding hydrogens is 344 g/mol. The molecule has 0 radical (unpaired) electrons. The number of benzene rings is 1. The van der Waals surface area contributed by atoms with Crippen molar-refractivity contribution in [2.75, 3.05) is 13.2 Å². The van der Waals surface area contributed by atoms with E-state index < -0.39 is 0 Å². The second-order valence-electron chi connectivity index (χ2n) is 7.43. The molecule has 2 aromatic rings. The number of hydrogen-bond acceptors (Lipinski definition) is 4. The molecule has 1 aromatic heterocycles. The molecule has 142 valence electrons. The maximum absolute atomic E-state index is 13.1. The van der Waals surface area contributed by atoms with E-state index in [0.29, 0.717) is 31.0 Å². The van der Waals surface area contributed by atoms with Crippen LogP contribution in [0.1, 0.15) is 33.7 Å². The van der Waals surface area contributed by atoms with Crippen molar-refractivity contribution in [3.8, 4) is 0 Å². The minimum atomic E-state index is -0.359. The number of ether oxygens (including phenoxy) is 1. The van der Waals surface area contributed by atoms with Crippen LogP contribution in [0.5, 0.6) is 0 Å². The summed E-state index contributed by atoms with van der Waals surface area (Å²) in [5.74, 6) is 0.221. The van der Waals surface area contributed by atoms with E-state index in [1.54, 1.807) is 12.3 Å². The first kappa shape index (κ1) is 17.8. The van der Waals surface area contributed by atoms with E-state index in [4.69, 9.17) is 9.15 Å². The molecule has 1 N–H and O–H groups in total. The minimum Gasteiger partial charge on any atom is -0.467 e. The van der Waals surface area contributed by atoms with Gasteiger partial charge in [0.25, 0.3) is 5.91 Å². The molecule has 27 heavy (non-hydrogen) atoms. The summed E-state index contributed by atoms with van der Waals surface area (Å²) in [4.78, 5) is 27.7. The van der Waals surface area contributed by atoms with Gasteiger partial charge in [0.05, 0.1) is 30.9 Å². The minimum absolute atomic E-state index is 0.0244. The summed E-state index contributed by atoms with van der Waals surface area (Å²) in [6.07, 6.45) is 2.11. The van der Waals surface area contributed by atoms with Gasteiger partial charge in [-0.3, -0.25) is 9.59 Å². The molecule has 0 unspecified atom stereocenters. The van der Waals surface area contributed by atoms with Gasteiger partial charge in [0, 0.05) is 18.7 Å². The molecule has 2 fully saturated rings. The van der Waals surface area contributed by atoms with Gasteiger partial charge < -0.3 is 19.4 Å². The van der Waals surface area contributed by atoms with E-state index >= 15 is 0 Å². The number of nitrogens with zero attached hydrogens (tertiary/aromatic N) is 1. The fourth-order valence-corrected chi connectivity index (χ4v) is 4.22. The molecule has 2 aliphatic heterocycles. The highest BCUT2D eigenvalue weighted by molar-refractivity contribution is 5.96. The van der Waals surface area contributed by atoms with Crippen LogP contribution in [0.4, 0.5) is 0 Å². The summed E-state index contributed by atoms with van der Waals surface area (Å²) in [6, 6.07) is 9.43. The van der Waals surface area contributed by atoms with E-state index in [1.165, 1.54) is 0 Å². The Bertz CT molecular complexity index is 826. The lowest BCUT2D eigenvalue weighted by Gasteiger charge is -2.23. The highest BCUT2D eigenvalue weighted by atomic mass is 16.5. The zero-order valence-corrected chi connectivity index (χ0v) is 15.6. The van der Waals surface area contributed by atoms with Gasteiger partial charge in [-0.15, -0.1) is 0 Å². The van der Waals surface area contributed by atoms with Crippen LogP contribution in [0, 0.1) is 19.8 Å². The predicted molar refractivity (Wildman–Crippen MR) is 99.1 cm³/mol. The number of fused-ring (bicyclic) bond motifs is 1. The molecule has 0 bridgehead atoms. The number of nitrogens with one attached hydrogen (secondary N) is 1. The zero-order valence-electron chi connectivity index (χ0n) is 15.6. The summed E-state index contributed by atoms with van der Waals surface area (Å²) < 4.78 is 11.1. The van der Waals surface area contributed by atoms with Gasteiger partial charge in [-0.25, -0.2) is 0 Å². The third-order valence-electron chi connectivity index (χ3n) is 5.38. The van der Waals surface area contributed by atoms with Crippen LogP contribution >= 0.6 is 0 Å². The van der Waals surface area contributed by atoms with Crippen molar-refractivity contribution < 1.29 is 18.7 Å². The number of aryl methyl sites for hydroxylation is 2. The van der Waals surface area contributed by atoms with Crippen LogP contribution in [-0.2, 0) is 16.1 Å². The van der Waals surface area contributed by atoms with Crippen LogP contribution in [0.15, 0.2) is 41.0 Å². The Kier molecular flexibility index (Phi) is 4.74. The van der Waals surface area contributed by atoms with Gasteiger partial charge in [0.1, 0.15) is 5.76 Å². The van der Waals surface area contributed by atoms with Crippen molar-refractivity contribution in [1.82, 2.24) is 10.2 Å². The number of amides is 2. The third kappa shape index (κ3) is 3.49. The van der Waals surface area contributed by atoms with Crippen LogP contribution in [-0.4, -0.2) is 42.0 Å². The molecule has 0 saturated carbocycles. The Morgan fingerprint density at radius 3 is 2.70 bits per heavy atom. The molecule has 2 amide bonds. The van der Waals surface area contributed by atoms with Gasteiger partial charge >= 0.3 is 0 Å². The van der Waals surface area contributed by atoms with Gasteiger partial charge in [0.2, 0.25) is 5.91 Å². The lowest BCUT2D eigenvalue weighted by atomic mass is 10.0. The lowest BCUT2D eigenvalue weighted by Crippen LogP contribution is -2.37. The fourth-order valence-electron chi connectivity index (χ4n) is 4.22. The van der Waals surface area contributed by atoms with E-state index in [1.807, 2.05) is 43.0 Å². The number of likely N-dealkylation sites (tertiary alicyclic amines) is 1. The Morgan fingerprint density at radius 1 is 1.22 bits per heavy atom. The van der Waals surface area contributed by atoms with E-state index in [2.05, 4.69) is 5.32 Å². The molecule has 0 spiro atoms. The quantitative estimate of drug-likeness (QED) is 0.900. The Balaban J connectivity index is 1.49. The maximum Gasteiger partial charge on any atom is 0.254 e. The maximum atomic E-state index is 13.1. The fraction of sp³-hybridized carbons (Fsp3) is 0.429. The van der Waals surface area contributed by atoms with Gasteiger partial charge in [-0.2, -0.15) is 0 Å². The van der Waals surface area contributed by atoms with Gasteiger partial charge in [-0.05, 0) is 44.5 Å². The van der Waals surface area contributed by atoms with Crippen molar-refractivity contribution in [3.63, 3.8) is 0 Å². The molecule has 0 aliphatic carbocycles. The van der Waals surface area contributed by atoms with Crippen LogP contribution in [0.2, 0.25) is 0 Å². The van der Waals surface area contributed by atoms with Crippen LogP contribution in [0.3, 0.4) is 0 Å². The standard InChI is InChI=1S/C21H24N2O4/c1-13-8-14(2)10-15(9-13)21(25)23-12-17(19-18(23)5-7-27-19)20(24)22-11-16-4-3-6-26-16/h3-4,6,8-10,17-19H,5,7,11-12H2,1-2H3,(H,22,24)/t17-,18+,19+/m0/s1. The van der Waals surface area contributed by atoms with Crippen molar-refractivity contribution >= 4 is 11.8 Å². The average molecular weight is 368 g/mol. The number of carbonyl (C=O) groups excluding carboxylic acids is 2. The first-order chi connectivity index (χ1) is 13.0. The normalized spacial score (nSPS) is 24.1. The zero-order chi connectivity index (χ0) is 19.0. The number of furan rings is 1. The largest absolute Gasteiger partial charge is 0.467 e. The monoisotopic (exact) mass is 368 g/mol. The summed E-state index contributed by atoms with van der Waals surface area (Å²) in [7, 11) is 0. The summed E-state index contributed by atoms with van der Waals surface area (Å²) in [5, 5.41) is 2.91. The molecule has 2 saturated heterocycles. The van der Waals surface area contributed by atoms with Crippen LogP contribution < -0.4 is 5.32 Å². The lowest BCUT2D eigenvalue weighted by molar-refractivity contribution is -0.127. The summed E-state index contributed by atoms with van der Waals surface area (Å²) in [5.41, 5.74) is 2.80. The Hall–Kier alpha value is -2.60. The van der Waals surface area contributed by atoms with Crippen LogP contribution in [0.25, 0.3) is 0 Å². The van der Waals surface area contributed by atoms with Crippen molar-refractivity contribution in [2.45, 2.75) is 39.0 Å². The Labute approximate surface area is 158 Å². The third-order valence-corrected chi connectivity index (χ3v) is 5.38. The summed E-state index contributed by atoms with van der Waals surface area (Å²) >= 11 is 0. The van der Waals surface area contributed by atoms with Crippen molar-refractivity contribution in [1.29, 1.82) is 0 Å². The van der Waals surface area contributed by atoms with E-state index in [-0.39, 0.29) is 29.9 Å². The highest BCUT2D eigenvalue weighted by Crippen LogP contribution is 2.34. The number of hydrogen-bond donors (Lipinski definition) is 1. The average Bonchev–Trinajstić information content (AvgIpc) is 3.35. The number of carbonyl (C=O) groups is 2. The molecule has 4 rings (SSSR count). The molecule has 6 heteroatoms. The summed E-state index contributed by atoms with van der Waals surface area (Å²) in [6.45, 7) is 5.27. The smallest absolute Gasteiger partial charge is 0.254 e. The van der Waals surface area contributed by atoms with Gasteiger partial charge in [-0.1, -0.05) is 17.2 Å². The van der Waals surface area contributed by atoms with E-state index in [9.17, 15) is 9.59 Å². The first-order valence-electron chi connectivity index (χ1n) is 9.34. The predicted octanol–water partition coefficient (Wildman–Crippen LogP) is 2.44. The number of rotatable bonds is 4. The molecule has 3 heterocycles.